The predicted octanol–water partition coefficient (Wildman–Crippen LogP) is 2.31. The molecule has 1 atom stereocenters. The Labute approximate surface area is 144 Å². The van der Waals surface area contributed by atoms with Gasteiger partial charge in [0.1, 0.15) is 6.04 Å². The molecule has 5 nitrogen and oxygen atoms in total. The van der Waals surface area contributed by atoms with E-state index in [2.05, 4.69) is 0 Å². The quantitative estimate of drug-likeness (QED) is 0.454. The first kappa shape index (κ1) is 20.6. The minimum Gasteiger partial charge on any atom is -0.480 e. The first-order valence-electron chi connectivity index (χ1n) is 8.91. The van der Waals surface area contributed by atoms with Gasteiger partial charge in [-0.2, -0.15) is 0 Å². The number of carboxylic acids is 1. The van der Waals surface area contributed by atoms with E-state index in [1.807, 2.05) is 35.2 Å². The Morgan fingerprint density at radius 3 is 1.88 bits per heavy atom. The van der Waals surface area contributed by atoms with Crippen molar-refractivity contribution in [1.82, 2.24) is 4.90 Å². The monoisotopic (exact) mass is 337 g/mol. The molecule has 0 radical (unpaired) electrons. The van der Waals surface area contributed by atoms with Gasteiger partial charge in [0, 0.05) is 13.2 Å². The number of carboxylic acid groups (broad SMARTS) is 1. The van der Waals surface area contributed by atoms with E-state index in [9.17, 15) is 9.90 Å². The number of aliphatic hydroxyl groups is 2. The zero-order valence-corrected chi connectivity index (χ0v) is 14.4. The molecule has 1 aromatic rings. The molecule has 1 unspecified atom stereocenters. The average molecular weight is 337 g/mol. The zero-order valence-electron chi connectivity index (χ0n) is 14.4. The van der Waals surface area contributed by atoms with Crippen LogP contribution in [0.3, 0.4) is 0 Å². The standard InChI is InChI=1S/C19H31NO4/c21-14-8-2-6-12-20(13-7-3-9-15-22)18(19(23)24)16-17-10-4-1-5-11-17/h1,4-5,10-11,18,21-22H,2-3,6-9,12-16H2,(H,23,24). The molecule has 3 N–H and O–H groups in total. The van der Waals surface area contributed by atoms with Crippen molar-refractivity contribution in [2.75, 3.05) is 26.3 Å². The third-order valence-electron chi connectivity index (χ3n) is 4.20. The van der Waals surface area contributed by atoms with Crippen LogP contribution in [0.1, 0.15) is 44.1 Å². The topological polar surface area (TPSA) is 81.0 Å². The molecule has 0 saturated heterocycles. The summed E-state index contributed by atoms with van der Waals surface area (Å²) < 4.78 is 0. The molecular weight excluding hydrogens is 306 g/mol. The van der Waals surface area contributed by atoms with E-state index in [0.717, 1.165) is 57.2 Å². The summed E-state index contributed by atoms with van der Waals surface area (Å²) in [6, 6.07) is 9.19. The van der Waals surface area contributed by atoms with Gasteiger partial charge in [-0.05, 0) is 63.6 Å². The van der Waals surface area contributed by atoms with Crippen molar-refractivity contribution in [1.29, 1.82) is 0 Å². The number of hydrogen-bond acceptors (Lipinski definition) is 4. The molecular formula is C19H31NO4. The highest BCUT2D eigenvalue weighted by Crippen LogP contribution is 2.13. The van der Waals surface area contributed by atoms with Crippen molar-refractivity contribution in [3.63, 3.8) is 0 Å². The summed E-state index contributed by atoms with van der Waals surface area (Å²) in [5, 5.41) is 27.5. The molecule has 0 fully saturated rings. The number of aliphatic hydroxyl groups excluding tert-OH is 2. The van der Waals surface area contributed by atoms with Crippen LogP contribution in [-0.2, 0) is 11.2 Å². The summed E-state index contributed by atoms with van der Waals surface area (Å²) in [5.41, 5.74) is 1.03. The van der Waals surface area contributed by atoms with E-state index >= 15 is 0 Å². The highest BCUT2D eigenvalue weighted by molar-refractivity contribution is 5.74. The minimum atomic E-state index is -0.789. The first-order chi connectivity index (χ1) is 11.7. The summed E-state index contributed by atoms with van der Waals surface area (Å²) in [7, 11) is 0. The fourth-order valence-corrected chi connectivity index (χ4v) is 2.84. The lowest BCUT2D eigenvalue weighted by molar-refractivity contribution is -0.143. The van der Waals surface area contributed by atoms with Crippen molar-refractivity contribution in [3.8, 4) is 0 Å². The van der Waals surface area contributed by atoms with Gasteiger partial charge >= 0.3 is 5.97 Å². The van der Waals surface area contributed by atoms with Crippen molar-refractivity contribution in [3.05, 3.63) is 35.9 Å². The van der Waals surface area contributed by atoms with Crippen molar-refractivity contribution < 1.29 is 20.1 Å². The Morgan fingerprint density at radius 2 is 1.42 bits per heavy atom. The van der Waals surface area contributed by atoms with Gasteiger partial charge in [0.2, 0.25) is 0 Å². The SMILES string of the molecule is O=C(O)C(Cc1ccccc1)N(CCCCCO)CCCCCO. The lowest BCUT2D eigenvalue weighted by atomic mass is 10.0. The van der Waals surface area contributed by atoms with Crippen LogP contribution >= 0.6 is 0 Å². The summed E-state index contributed by atoms with van der Waals surface area (Å²) in [5.74, 6) is -0.789. The van der Waals surface area contributed by atoms with Crippen LogP contribution in [0.5, 0.6) is 0 Å². The number of hydrogen-bond donors (Lipinski definition) is 3. The summed E-state index contributed by atoms with van der Waals surface area (Å²) in [6.45, 7) is 1.82. The van der Waals surface area contributed by atoms with Gasteiger partial charge in [0.15, 0.2) is 0 Å². The van der Waals surface area contributed by atoms with E-state index in [1.165, 1.54) is 0 Å². The second-order valence-electron chi connectivity index (χ2n) is 6.15. The molecule has 0 amide bonds. The molecule has 0 aliphatic carbocycles. The van der Waals surface area contributed by atoms with Gasteiger partial charge in [-0.15, -0.1) is 0 Å². The van der Waals surface area contributed by atoms with Crippen molar-refractivity contribution >= 4 is 5.97 Å². The predicted molar refractivity (Wildman–Crippen MR) is 95.0 cm³/mol. The van der Waals surface area contributed by atoms with Crippen LogP contribution in [0, 0.1) is 0 Å². The maximum absolute atomic E-state index is 11.8. The lowest BCUT2D eigenvalue weighted by Crippen LogP contribution is -2.44. The van der Waals surface area contributed by atoms with Gasteiger partial charge in [-0.3, -0.25) is 9.69 Å². The first-order valence-corrected chi connectivity index (χ1v) is 8.91. The Bertz CT molecular complexity index is 426. The van der Waals surface area contributed by atoms with E-state index < -0.39 is 12.0 Å². The largest absolute Gasteiger partial charge is 0.480 e. The molecule has 0 bridgehead atoms. The van der Waals surface area contributed by atoms with Crippen LogP contribution in [0.4, 0.5) is 0 Å². The van der Waals surface area contributed by atoms with E-state index in [4.69, 9.17) is 10.2 Å². The van der Waals surface area contributed by atoms with E-state index in [1.54, 1.807) is 0 Å². The molecule has 136 valence electrons. The van der Waals surface area contributed by atoms with Crippen LogP contribution in [0.25, 0.3) is 0 Å². The third-order valence-corrected chi connectivity index (χ3v) is 4.20. The Balaban J connectivity index is 2.66. The second-order valence-corrected chi connectivity index (χ2v) is 6.15. The van der Waals surface area contributed by atoms with Gasteiger partial charge in [0.05, 0.1) is 0 Å². The van der Waals surface area contributed by atoms with Gasteiger partial charge in [0.25, 0.3) is 0 Å². The molecule has 0 heterocycles. The Hall–Kier alpha value is -1.43. The molecule has 0 spiro atoms. The number of aliphatic carboxylic acids is 1. The number of rotatable bonds is 14. The number of benzene rings is 1. The fraction of sp³-hybridized carbons (Fsp3) is 0.632. The Morgan fingerprint density at radius 1 is 0.875 bits per heavy atom. The van der Waals surface area contributed by atoms with Gasteiger partial charge in [-0.1, -0.05) is 30.3 Å². The molecule has 1 aromatic carbocycles. The number of unbranched alkanes of at least 4 members (excludes halogenated alkanes) is 4. The number of carbonyl (C=O) groups is 1. The minimum absolute atomic E-state index is 0.183. The smallest absolute Gasteiger partial charge is 0.321 e. The lowest BCUT2D eigenvalue weighted by Gasteiger charge is -2.29. The summed E-state index contributed by atoms with van der Waals surface area (Å²) in [4.78, 5) is 13.8. The molecule has 1 rings (SSSR count). The molecule has 5 heteroatoms. The van der Waals surface area contributed by atoms with Gasteiger partial charge < -0.3 is 15.3 Å². The van der Waals surface area contributed by atoms with E-state index in [-0.39, 0.29) is 13.2 Å². The summed E-state index contributed by atoms with van der Waals surface area (Å²) >= 11 is 0. The highest BCUT2D eigenvalue weighted by Gasteiger charge is 2.25. The normalized spacial score (nSPS) is 12.5. The van der Waals surface area contributed by atoms with Crippen LogP contribution in [-0.4, -0.2) is 58.5 Å². The zero-order chi connectivity index (χ0) is 17.6. The molecule has 0 aromatic heterocycles. The van der Waals surface area contributed by atoms with Crippen molar-refractivity contribution in [2.24, 2.45) is 0 Å². The third kappa shape index (κ3) is 8.43. The van der Waals surface area contributed by atoms with Crippen LogP contribution in [0.2, 0.25) is 0 Å². The molecule has 0 aliphatic heterocycles. The van der Waals surface area contributed by atoms with Crippen LogP contribution in [0.15, 0.2) is 30.3 Å². The maximum Gasteiger partial charge on any atom is 0.321 e. The van der Waals surface area contributed by atoms with Gasteiger partial charge in [-0.25, -0.2) is 0 Å². The van der Waals surface area contributed by atoms with Crippen LogP contribution < -0.4 is 0 Å². The highest BCUT2D eigenvalue weighted by atomic mass is 16.4. The van der Waals surface area contributed by atoms with Crippen molar-refractivity contribution in [2.45, 2.75) is 51.0 Å². The Kier molecular flexibility index (Phi) is 11.1. The molecule has 24 heavy (non-hydrogen) atoms. The fourth-order valence-electron chi connectivity index (χ4n) is 2.84. The molecule has 0 saturated carbocycles. The summed E-state index contributed by atoms with van der Waals surface area (Å²) in [6.07, 6.45) is 5.60. The average Bonchev–Trinajstić information content (AvgIpc) is 2.59. The number of nitrogens with zero attached hydrogens (tertiary/aromatic N) is 1. The van der Waals surface area contributed by atoms with E-state index in [0.29, 0.717) is 6.42 Å². The molecule has 0 aliphatic rings. The maximum atomic E-state index is 11.8. The second kappa shape index (κ2) is 12.9.